The van der Waals surface area contributed by atoms with Crippen LogP contribution in [0, 0.1) is 5.92 Å². The highest BCUT2D eigenvalue weighted by molar-refractivity contribution is 5.78. The first-order valence-electron chi connectivity index (χ1n) is 6.09. The summed E-state index contributed by atoms with van der Waals surface area (Å²) in [7, 11) is 0. The lowest BCUT2D eigenvalue weighted by molar-refractivity contribution is -0.149. The van der Waals surface area contributed by atoms with Gasteiger partial charge in [-0.05, 0) is 33.2 Å². The number of nitrogens with two attached hydrogens (primary N) is 1. The largest absolute Gasteiger partial charge is 0.372 e. The number of morpholine rings is 1. The predicted molar refractivity (Wildman–Crippen MR) is 64.1 cm³/mol. The monoisotopic (exact) mass is 228 g/mol. The molecule has 2 N–H and O–H groups in total. The highest BCUT2D eigenvalue weighted by Crippen LogP contribution is 2.19. The second kappa shape index (κ2) is 5.64. The molecule has 0 spiro atoms. The normalized spacial score (nSPS) is 21.9. The first kappa shape index (κ1) is 13.5. The Hall–Kier alpha value is -0.610. The lowest BCUT2D eigenvalue weighted by Gasteiger charge is -2.39. The van der Waals surface area contributed by atoms with Crippen LogP contribution in [-0.2, 0) is 9.53 Å². The van der Waals surface area contributed by atoms with Crippen LogP contribution in [0.3, 0.4) is 0 Å². The number of rotatable bonds is 4. The van der Waals surface area contributed by atoms with E-state index in [9.17, 15) is 4.79 Å². The van der Waals surface area contributed by atoms with E-state index in [4.69, 9.17) is 10.5 Å². The molecule has 0 aromatic heterocycles. The average molecular weight is 228 g/mol. The Morgan fingerprint density at radius 2 is 2.25 bits per heavy atom. The molecule has 4 nitrogen and oxygen atoms in total. The highest BCUT2D eigenvalue weighted by atomic mass is 16.5. The van der Waals surface area contributed by atoms with Gasteiger partial charge in [-0.25, -0.2) is 0 Å². The van der Waals surface area contributed by atoms with Crippen LogP contribution in [0.5, 0.6) is 0 Å². The van der Waals surface area contributed by atoms with E-state index >= 15 is 0 Å². The van der Waals surface area contributed by atoms with E-state index in [2.05, 4.69) is 0 Å². The van der Waals surface area contributed by atoms with Crippen molar-refractivity contribution in [2.45, 2.75) is 39.2 Å². The summed E-state index contributed by atoms with van der Waals surface area (Å²) < 4.78 is 5.59. The molecule has 16 heavy (non-hydrogen) atoms. The van der Waals surface area contributed by atoms with Crippen molar-refractivity contribution >= 4 is 5.91 Å². The third kappa shape index (κ3) is 3.76. The topological polar surface area (TPSA) is 55.6 Å². The highest BCUT2D eigenvalue weighted by Gasteiger charge is 2.31. The molecule has 1 fully saturated rings. The molecule has 0 aromatic carbocycles. The first-order valence-corrected chi connectivity index (χ1v) is 6.09. The van der Waals surface area contributed by atoms with E-state index in [1.165, 1.54) is 0 Å². The summed E-state index contributed by atoms with van der Waals surface area (Å²) in [5.74, 6) is 0.322. The van der Waals surface area contributed by atoms with Gasteiger partial charge < -0.3 is 15.4 Å². The van der Waals surface area contributed by atoms with E-state index < -0.39 is 0 Å². The van der Waals surface area contributed by atoms with Gasteiger partial charge in [-0.15, -0.1) is 0 Å². The van der Waals surface area contributed by atoms with Gasteiger partial charge in [-0.1, -0.05) is 6.92 Å². The fraction of sp³-hybridized carbons (Fsp3) is 0.917. The van der Waals surface area contributed by atoms with Crippen molar-refractivity contribution in [3.8, 4) is 0 Å². The van der Waals surface area contributed by atoms with Crippen molar-refractivity contribution in [2.75, 3.05) is 26.2 Å². The SMILES string of the molecule is CC(CCCN)C(=O)N1CCOC(C)(C)C1. The predicted octanol–water partition coefficient (Wildman–Crippen LogP) is 0.999. The van der Waals surface area contributed by atoms with Gasteiger partial charge in [-0.2, -0.15) is 0 Å². The average Bonchev–Trinajstić information content (AvgIpc) is 2.23. The van der Waals surface area contributed by atoms with Gasteiger partial charge in [0, 0.05) is 19.0 Å². The number of ether oxygens (including phenoxy) is 1. The molecule has 1 atom stereocenters. The van der Waals surface area contributed by atoms with Crippen molar-refractivity contribution < 1.29 is 9.53 Å². The standard InChI is InChI=1S/C12H24N2O2/c1-10(5-4-6-13)11(15)14-7-8-16-12(2,3)9-14/h10H,4-9,13H2,1-3H3. The van der Waals surface area contributed by atoms with Crippen molar-refractivity contribution in [2.24, 2.45) is 11.7 Å². The van der Waals surface area contributed by atoms with E-state index in [0.717, 1.165) is 19.4 Å². The minimum absolute atomic E-state index is 0.0810. The summed E-state index contributed by atoms with van der Waals surface area (Å²) in [5, 5.41) is 0. The third-order valence-electron chi connectivity index (χ3n) is 3.00. The molecule has 1 unspecified atom stereocenters. The molecular formula is C12H24N2O2. The number of amides is 1. The lowest BCUT2D eigenvalue weighted by atomic mass is 10.0. The van der Waals surface area contributed by atoms with Crippen molar-refractivity contribution in [3.63, 3.8) is 0 Å². The number of hydrogen-bond donors (Lipinski definition) is 1. The molecule has 1 saturated heterocycles. The number of nitrogens with zero attached hydrogens (tertiary/aromatic N) is 1. The smallest absolute Gasteiger partial charge is 0.225 e. The van der Waals surface area contributed by atoms with Crippen LogP contribution in [0.2, 0.25) is 0 Å². The summed E-state index contributed by atoms with van der Waals surface area (Å²) in [5.41, 5.74) is 5.25. The van der Waals surface area contributed by atoms with E-state index in [1.807, 2.05) is 25.7 Å². The first-order chi connectivity index (χ1) is 7.46. The number of hydrogen-bond acceptors (Lipinski definition) is 3. The van der Waals surface area contributed by atoms with Crippen molar-refractivity contribution in [1.82, 2.24) is 4.90 Å². The van der Waals surface area contributed by atoms with Crippen LogP contribution in [0.4, 0.5) is 0 Å². The molecule has 0 aliphatic carbocycles. The molecule has 1 rings (SSSR count). The van der Waals surface area contributed by atoms with Crippen LogP contribution in [0.1, 0.15) is 33.6 Å². The fourth-order valence-corrected chi connectivity index (χ4v) is 2.06. The summed E-state index contributed by atoms with van der Waals surface area (Å²) >= 11 is 0. The van der Waals surface area contributed by atoms with Crippen LogP contribution >= 0.6 is 0 Å². The summed E-state index contributed by atoms with van der Waals surface area (Å²) in [6.07, 6.45) is 1.80. The van der Waals surface area contributed by atoms with Gasteiger partial charge in [0.05, 0.1) is 12.2 Å². The van der Waals surface area contributed by atoms with Crippen LogP contribution < -0.4 is 5.73 Å². The fourth-order valence-electron chi connectivity index (χ4n) is 2.06. The quantitative estimate of drug-likeness (QED) is 0.781. The number of carbonyl (C=O) groups is 1. The molecule has 0 radical (unpaired) electrons. The zero-order chi connectivity index (χ0) is 12.2. The number of carbonyl (C=O) groups excluding carboxylic acids is 1. The van der Waals surface area contributed by atoms with Crippen LogP contribution in [0.15, 0.2) is 0 Å². The summed E-state index contributed by atoms with van der Waals surface area (Å²) in [6.45, 7) is 8.75. The minimum atomic E-state index is -0.207. The molecule has 1 amide bonds. The maximum absolute atomic E-state index is 12.1. The summed E-state index contributed by atoms with van der Waals surface area (Å²) in [6, 6.07) is 0. The molecule has 1 aliphatic rings. The zero-order valence-electron chi connectivity index (χ0n) is 10.7. The van der Waals surface area contributed by atoms with Gasteiger partial charge in [0.15, 0.2) is 0 Å². The maximum atomic E-state index is 12.1. The molecule has 0 bridgehead atoms. The van der Waals surface area contributed by atoms with Gasteiger partial charge in [-0.3, -0.25) is 4.79 Å². The van der Waals surface area contributed by atoms with Gasteiger partial charge in [0.25, 0.3) is 0 Å². The van der Waals surface area contributed by atoms with E-state index in [0.29, 0.717) is 19.7 Å². The van der Waals surface area contributed by atoms with E-state index in [1.54, 1.807) is 0 Å². The van der Waals surface area contributed by atoms with Gasteiger partial charge in [0.1, 0.15) is 0 Å². The Kier molecular flexibility index (Phi) is 4.74. The molecule has 0 saturated carbocycles. The zero-order valence-corrected chi connectivity index (χ0v) is 10.7. The molecule has 4 heteroatoms. The molecule has 0 aromatic rings. The van der Waals surface area contributed by atoms with Crippen LogP contribution in [0.25, 0.3) is 0 Å². The molecule has 1 aliphatic heterocycles. The second-order valence-electron chi connectivity index (χ2n) is 5.20. The Morgan fingerprint density at radius 1 is 1.56 bits per heavy atom. The molecular weight excluding hydrogens is 204 g/mol. The lowest BCUT2D eigenvalue weighted by Crippen LogP contribution is -2.51. The van der Waals surface area contributed by atoms with Crippen molar-refractivity contribution in [3.05, 3.63) is 0 Å². The van der Waals surface area contributed by atoms with Gasteiger partial charge >= 0.3 is 0 Å². The maximum Gasteiger partial charge on any atom is 0.225 e. The Labute approximate surface area is 98.1 Å². The second-order valence-corrected chi connectivity index (χ2v) is 5.20. The molecule has 1 heterocycles. The molecule has 94 valence electrons. The van der Waals surface area contributed by atoms with E-state index in [-0.39, 0.29) is 17.4 Å². The minimum Gasteiger partial charge on any atom is -0.372 e. The Bertz CT molecular complexity index is 241. The third-order valence-corrected chi connectivity index (χ3v) is 3.00. The Morgan fingerprint density at radius 3 is 2.81 bits per heavy atom. The van der Waals surface area contributed by atoms with Crippen LogP contribution in [-0.4, -0.2) is 42.6 Å². The summed E-state index contributed by atoms with van der Waals surface area (Å²) in [4.78, 5) is 14.0. The van der Waals surface area contributed by atoms with Crippen molar-refractivity contribution in [1.29, 1.82) is 0 Å². The Balaban J connectivity index is 2.46. The van der Waals surface area contributed by atoms with Gasteiger partial charge in [0.2, 0.25) is 5.91 Å².